The maximum absolute atomic E-state index is 11.9. The Labute approximate surface area is 119 Å². The van der Waals surface area contributed by atoms with Gasteiger partial charge in [-0.05, 0) is 18.8 Å². The van der Waals surface area contributed by atoms with Crippen molar-refractivity contribution in [2.75, 3.05) is 25.4 Å². The van der Waals surface area contributed by atoms with Gasteiger partial charge in [0.15, 0.2) is 0 Å². The molecule has 2 N–H and O–H groups in total. The lowest BCUT2D eigenvalue weighted by molar-refractivity contribution is -0.137. The van der Waals surface area contributed by atoms with E-state index < -0.39 is 5.97 Å². The van der Waals surface area contributed by atoms with Crippen LogP contribution < -0.4 is 5.32 Å². The molecule has 1 aliphatic rings. The number of carbonyl (C=O) groups excluding carboxylic acids is 1. The van der Waals surface area contributed by atoms with Crippen LogP contribution in [0.2, 0.25) is 0 Å². The van der Waals surface area contributed by atoms with Crippen molar-refractivity contribution in [3.63, 3.8) is 0 Å². The minimum absolute atomic E-state index is 0.0117. The first-order valence-corrected chi connectivity index (χ1v) is 7.90. The summed E-state index contributed by atoms with van der Waals surface area (Å²) in [5.41, 5.74) is 0. The second-order valence-corrected chi connectivity index (χ2v) is 6.73. The van der Waals surface area contributed by atoms with Crippen LogP contribution in [0.1, 0.15) is 33.1 Å². The zero-order valence-corrected chi connectivity index (χ0v) is 12.5. The van der Waals surface area contributed by atoms with Crippen LogP contribution in [0.4, 0.5) is 4.79 Å². The number of hydrogen-bond donors (Lipinski definition) is 2. The predicted octanol–water partition coefficient (Wildman–Crippen LogP) is 2.02. The smallest absolute Gasteiger partial charge is 0.317 e. The van der Waals surface area contributed by atoms with Crippen LogP contribution in [0.15, 0.2) is 0 Å². The van der Waals surface area contributed by atoms with E-state index in [9.17, 15) is 9.59 Å². The first-order valence-electron chi connectivity index (χ1n) is 6.85. The Bertz CT molecular complexity index is 312. The van der Waals surface area contributed by atoms with Gasteiger partial charge in [0, 0.05) is 37.1 Å². The topological polar surface area (TPSA) is 69.6 Å². The molecule has 19 heavy (non-hydrogen) atoms. The summed E-state index contributed by atoms with van der Waals surface area (Å²) in [4.78, 5) is 24.2. The van der Waals surface area contributed by atoms with E-state index in [1.54, 1.807) is 0 Å². The monoisotopic (exact) mass is 288 g/mol. The number of nitrogens with one attached hydrogen (secondary N) is 1. The molecule has 0 radical (unpaired) electrons. The van der Waals surface area contributed by atoms with E-state index in [0.717, 1.165) is 25.3 Å². The quantitative estimate of drug-likeness (QED) is 0.784. The summed E-state index contributed by atoms with van der Waals surface area (Å²) in [5.74, 6) is 0.576. The normalized spacial score (nSPS) is 20.9. The number of carbonyl (C=O) groups is 2. The summed E-state index contributed by atoms with van der Waals surface area (Å²) in [5, 5.41) is 12.0. The molecule has 2 amide bonds. The third kappa shape index (κ3) is 6.71. The van der Waals surface area contributed by atoms with Crippen molar-refractivity contribution in [1.29, 1.82) is 0 Å². The summed E-state index contributed by atoms with van der Waals surface area (Å²) >= 11 is 1.90. The molecule has 0 spiro atoms. The van der Waals surface area contributed by atoms with Crippen LogP contribution >= 0.6 is 11.8 Å². The van der Waals surface area contributed by atoms with Crippen LogP contribution in [-0.2, 0) is 4.79 Å². The number of urea groups is 1. The van der Waals surface area contributed by atoms with Gasteiger partial charge in [-0.25, -0.2) is 4.79 Å². The lowest BCUT2D eigenvalue weighted by atomic mass is 10.0. The highest BCUT2D eigenvalue weighted by atomic mass is 32.2. The van der Waals surface area contributed by atoms with Gasteiger partial charge in [-0.15, -0.1) is 0 Å². The molecule has 0 aliphatic carbocycles. The van der Waals surface area contributed by atoms with Crippen molar-refractivity contribution in [2.45, 2.75) is 38.4 Å². The number of amides is 2. The number of rotatable bonds is 6. The van der Waals surface area contributed by atoms with Gasteiger partial charge >= 0.3 is 12.0 Å². The molecule has 110 valence electrons. The van der Waals surface area contributed by atoms with Crippen molar-refractivity contribution in [2.24, 2.45) is 5.92 Å². The van der Waals surface area contributed by atoms with E-state index in [2.05, 4.69) is 12.2 Å². The van der Waals surface area contributed by atoms with E-state index in [1.165, 1.54) is 0 Å². The average molecular weight is 288 g/mol. The van der Waals surface area contributed by atoms with Gasteiger partial charge in [-0.1, -0.05) is 13.8 Å². The molecule has 1 rings (SSSR count). The molecular weight excluding hydrogens is 264 g/mol. The molecule has 0 aromatic carbocycles. The second-order valence-electron chi connectivity index (χ2n) is 5.19. The first-order chi connectivity index (χ1) is 8.99. The van der Waals surface area contributed by atoms with Crippen LogP contribution in [0.25, 0.3) is 0 Å². The highest BCUT2D eigenvalue weighted by molar-refractivity contribution is 7.99. The minimum Gasteiger partial charge on any atom is -0.481 e. The largest absolute Gasteiger partial charge is 0.481 e. The third-order valence-corrected chi connectivity index (χ3v) is 4.43. The van der Waals surface area contributed by atoms with Crippen LogP contribution in [0.3, 0.4) is 0 Å². The summed E-state index contributed by atoms with van der Waals surface area (Å²) < 4.78 is 0. The van der Waals surface area contributed by atoms with Crippen LogP contribution in [0.5, 0.6) is 0 Å². The molecule has 2 unspecified atom stereocenters. The number of carboxylic acids is 1. The number of hydrogen-bond acceptors (Lipinski definition) is 3. The molecule has 1 heterocycles. The van der Waals surface area contributed by atoms with Gasteiger partial charge in [0.25, 0.3) is 0 Å². The standard InChI is InChI=1S/C13H24N2O3S/c1-10(3-4-12(16)17)5-6-14-13(18)15-7-8-19-11(2)9-15/h10-11H,3-9H2,1-2H3,(H,14,18)(H,16,17). The summed E-state index contributed by atoms with van der Waals surface area (Å²) in [6.07, 6.45) is 1.70. The number of thioether (sulfide) groups is 1. The fourth-order valence-electron chi connectivity index (χ4n) is 2.05. The van der Waals surface area contributed by atoms with Crippen molar-refractivity contribution < 1.29 is 14.7 Å². The summed E-state index contributed by atoms with van der Waals surface area (Å²) in [6, 6.07) is 0.0117. The van der Waals surface area contributed by atoms with Crippen molar-refractivity contribution in [3.05, 3.63) is 0 Å². The molecule has 0 aromatic heterocycles. The Balaban J connectivity index is 2.14. The molecule has 0 bridgehead atoms. The molecule has 1 aliphatic heterocycles. The Morgan fingerprint density at radius 2 is 2.21 bits per heavy atom. The highest BCUT2D eigenvalue weighted by Crippen LogP contribution is 2.17. The Kier molecular flexibility index (Phi) is 7.05. The molecular formula is C13H24N2O3S. The SMILES string of the molecule is CC(CCNC(=O)N1CCSC(C)C1)CCC(=O)O. The first kappa shape index (κ1) is 16.1. The molecule has 5 nitrogen and oxygen atoms in total. The minimum atomic E-state index is -0.754. The van der Waals surface area contributed by atoms with E-state index in [-0.39, 0.29) is 12.5 Å². The van der Waals surface area contributed by atoms with E-state index >= 15 is 0 Å². The average Bonchev–Trinajstić information content (AvgIpc) is 2.36. The molecule has 1 saturated heterocycles. The second kappa shape index (κ2) is 8.30. The molecule has 2 atom stereocenters. The van der Waals surface area contributed by atoms with Gasteiger partial charge < -0.3 is 15.3 Å². The lowest BCUT2D eigenvalue weighted by Gasteiger charge is -2.30. The number of carboxylic acid groups (broad SMARTS) is 1. The number of aliphatic carboxylic acids is 1. The molecule has 0 aromatic rings. The summed E-state index contributed by atoms with van der Waals surface area (Å²) in [7, 11) is 0. The van der Waals surface area contributed by atoms with Gasteiger partial charge in [0.05, 0.1) is 0 Å². The van der Waals surface area contributed by atoms with Crippen molar-refractivity contribution in [3.8, 4) is 0 Å². The fourth-order valence-corrected chi connectivity index (χ4v) is 3.07. The zero-order chi connectivity index (χ0) is 14.3. The zero-order valence-electron chi connectivity index (χ0n) is 11.7. The predicted molar refractivity (Wildman–Crippen MR) is 77.5 cm³/mol. The molecule has 1 fully saturated rings. The van der Waals surface area contributed by atoms with Crippen molar-refractivity contribution >= 4 is 23.8 Å². The van der Waals surface area contributed by atoms with Gasteiger partial charge in [-0.2, -0.15) is 11.8 Å². The van der Waals surface area contributed by atoms with Crippen LogP contribution in [-0.4, -0.2) is 52.6 Å². The fraction of sp³-hybridized carbons (Fsp3) is 0.846. The van der Waals surface area contributed by atoms with E-state index in [4.69, 9.17) is 5.11 Å². The van der Waals surface area contributed by atoms with E-state index in [1.807, 2.05) is 23.6 Å². The van der Waals surface area contributed by atoms with E-state index in [0.29, 0.717) is 24.1 Å². The maximum atomic E-state index is 11.9. The van der Waals surface area contributed by atoms with Gasteiger partial charge in [-0.3, -0.25) is 4.79 Å². The van der Waals surface area contributed by atoms with Crippen molar-refractivity contribution in [1.82, 2.24) is 10.2 Å². The number of nitrogens with zero attached hydrogens (tertiary/aromatic N) is 1. The van der Waals surface area contributed by atoms with Gasteiger partial charge in [0.1, 0.15) is 0 Å². The van der Waals surface area contributed by atoms with Crippen LogP contribution in [0, 0.1) is 5.92 Å². The Hall–Kier alpha value is -0.910. The molecule has 6 heteroatoms. The van der Waals surface area contributed by atoms with Gasteiger partial charge in [0.2, 0.25) is 0 Å². The Morgan fingerprint density at radius 1 is 1.47 bits per heavy atom. The lowest BCUT2D eigenvalue weighted by Crippen LogP contribution is -2.46. The Morgan fingerprint density at radius 3 is 2.84 bits per heavy atom. The third-order valence-electron chi connectivity index (χ3n) is 3.29. The molecule has 0 saturated carbocycles. The summed E-state index contributed by atoms with van der Waals surface area (Å²) in [6.45, 7) is 6.41. The highest BCUT2D eigenvalue weighted by Gasteiger charge is 2.20. The maximum Gasteiger partial charge on any atom is 0.317 e.